The summed E-state index contributed by atoms with van der Waals surface area (Å²) in [6, 6.07) is 11.0. The van der Waals surface area contributed by atoms with Gasteiger partial charge in [0.1, 0.15) is 17.2 Å². The normalized spacial score (nSPS) is 10.8. The van der Waals surface area contributed by atoms with E-state index in [1.54, 1.807) is 25.4 Å². The van der Waals surface area contributed by atoms with Gasteiger partial charge in [-0.25, -0.2) is 9.97 Å². The van der Waals surface area contributed by atoms with Gasteiger partial charge in [-0.3, -0.25) is 0 Å². The fourth-order valence-electron chi connectivity index (χ4n) is 3.58. The third-order valence-electron chi connectivity index (χ3n) is 5.29. The van der Waals surface area contributed by atoms with Crippen molar-refractivity contribution >= 4 is 51.4 Å². The van der Waals surface area contributed by atoms with Crippen molar-refractivity contribution in [3.63, 3.8) is 0 Å². The summed E-state index contributed by atoms with van der Waals surface area (Å²) in [5, 5.41) is 4.65. The molecule has 0 spiro atoms. The average molecular weight is 485 g/mol. The minimum Gasteiger partial charge on any atom is -0.496 e. The summed E-state index contributed by atoms with van der Waals surface area (Å²) < 4.78 is 16.5. The van der Waals surface area contributed by atoms with E-state index in [9.17, 15) is 0 Å². The number of anilines is 3. The maximum Gasteiger partial charge on any atom is 0.227 e. The summed E-state index contributed by atoms with van der Waals surface area (Å²) in [5.74, 6) is 1.81. The Morgan fingerprint density at radius 2 is 1.58 bits per heavy atom. The van der Waals surface area contributed by atoms with E-state index in [-0.39, 0.29) is 0 Å². The lowest BCUT2D eigenvalue weighted by Crippen LogP contribution is -2.02. The molecule has 0 unspecified atom stereocenters. The van der Waals surface area contributed by atoms with Gasteiger partial charge in [-0.15, -0.1) is 0 Å². The SMILES string of the molecule is COc1cc2nc(Nc3c(C)cccc3N)ncc2cc1-c1c(Cl)c(OC)cc(OC)c1Cl. The van der Waals surface area contributed by atoms with Crippen LogP contribution >= 0.6 is 23.2 Å². The van der Waals surface area contributed by atoms with Crippen LogP contribution in [0.1, 0.15) is 5.56 Å². The number of halogens is 2. The van der Waals surface area contributed by atoms with Crippen LogP contribution in [0.15, 0.2) is 42.6 Å². The van der Waals surface area contributed by atoms with Crippen LogP contribution in [0.25, 0.3) is 22.0 Å². The molecular formula is C24H22Cl2N4O3. The number of para-hydroxylation sites is 1. The number of methoxy groups -OCH3 is 3. The molecule has 0 atom stereocenters. The number of ether oxygens (including phenoxy) is 3. The lowest BCUT2D eigenvalue weighted by Gasteiger charge is -2.17. The fourth-order valence-corrected chi connectivity index (χ4v) is 4.28. The third kappa shape index (κ3) is 4.17. The number of hydrogen-bond acceptors (Lipinski definition) is 7. The molecule has 0 radical (unpaired) electrons. The lowest BCUT2D eigenvalue weighted by molar-refractivity contribution is 0.394. The summed E-state index contributed by atoms with van der Waals surface area (Å²) in [6.45, 7) is 1.96. The van der Waals surface area contributed by atoms with Crippen LogP contribution < -0.4 is 25.3 Å². The number of nitrogens with two attached hydrogens (primary N) is 1. The van der Waals surface area contributed by atoms with E-state index in [1.165, 1.54) is 14.2 Å². The van der Waals surface area contributed by atoms with E-state index in [0.717, 1.165) is 16.6 Å². The summed E-state index contributed by atoms with van der Waals surface area (Å²) in [4.78, 5) is 9.09. The molecule has 3 N–H and O–H groups in total. The van der Waals surface area contributed by atoms with Crippen molar-refractivity contribution in [1.82, 2.24) is 9.97 Å². The summed E-state index contributed by atoms with van der Waals surface area (Å²) >= 11 is 13.3. The molecule has 3 aromatic carbocycles. The standard InChI is InChI=1S/C24H22Cl2N4O3/c1-12-6-5-7-15(27)23(12)30-24-28-11-13-8-14(17(31-2)9-16(13)29-24)20-21(25)18(32-3)10-19(33-4)22(20)26/h5-11H,27H2,1-4H3,(H,28,29,30). The zero-order chi connectivity index (χ0) is 23.7. The molecule has 170 valence electrons. The molecule has 1 aromatic heterocycles. The molecule has 4 rings (SSSR count). The zero-order valence-electron chi connectivity index (χ0n) is 18.5. The number of fused-ring (bicyclic) bond motifs is 1. The highest BCUT2D eigenvalue weighted by Gasteiger charge is 2.22. The smallest absolute Gasteiger partial charge is 0.227 e. The molecule has 7 nitrogen and oxygen atoms in total. The molecule has 0 aliphatic heterocycles. The lowest BCUT2D eigenvalue weighted by atomic mass is 10.0. The highest BCUT2D eigenvalue weighted by atomic mass is 35.5. The topological polar surface area (TPSA) is 91.5 Å². The van der Waals surface area contributed by atoms with Crippen molar-refractivity contribution in [2.24, 2.45) is 0 Å². The maximum absolute atomic E-state index is 6.63. The van der Waals surface area contributed by atoms with E-state index >= 15 is 0 Å². The van der Waals surface area contributed by atoms with E-state index in [1.807, 2.05) is 31.2 Å². The summed E-state index contributed by atoms with van der Waals surface area (Å²) in [5.41, 5.74) is 10.3. The van der Waals surface area contributed by atoms with Gasteiger partial charge in [0.2, 0.25) is 5.95 Å². The van der Waals surface area contributed by atoms with Gasteiger partial charge in [0.05, 0.1) is 48.3 Å². The maximum atomic E-state index is 6.63. The predicted octanol–water partition coefficient (Wildman–Crippen LogP) is 6.26. The molecule has 0 aliphatic rings. The third-order valence-corrected chi connectivity index (χ3v) is 6.04. The zero-order valence-corrected chi connectivity index (χ0v) is 20.0. The van der Waals surface area contributed by atoms with Crippen molar-refractivity contribution in [2.45, 2.75) is 6.92 Å². The second-order valence-electron chi connectivity index (χ2n) is 7.25. The van der Waals surface area contributed by atoms with Crippen LogP contribution in [-0.4, -0.2) is 31.3 Å². The Labute approximate surface area is 201 Å². The molecular weight excluding hydrogens is 463 g/mol. The molecule has 0 amide bonds. The summed E-state index contributed by atoms with van der Waals surface area (Å²) in [7, 11) is 4.62. The highest BCUT2D eigenvalue weighted by Crippen LogP contribution is 2.49. The van der Waals surface area contributed by atoms with E-state index < -0.39 is 0 Å². The first-order valence-electron chi connectivity index (χ1n) is 9.95. The van der Waals surface area contributed by atoms with E-state index in [0.29, 0.717) is 55.6 Å². The Morgan fingerprint density at radius 1 is 0.909 bits per heavy atom. The first-order valence-corrected chi connectivity index (χ1v) is 10.7. The van der Waals surface area contributed by atoms with Crippen LogP contribution in [0.5, 0.6) is 17.2 Å². The molecule has 0 bridgehead atoms. The van der Waals surface area contributed by atoms with Gasteiger partial charge in [-0.05, 0) is 24.6 Å². The molecule has 0 saturated carbocycles. The van der Waals surface area contributed by atoms with Gasteiger partial charge >= 0.3 is 0 Å². The van der Waals surface area contributed by atoms with Gasteiger partial charge < -0.3 is 25.3 Å². The van der Waals surface area contributed by atoms with Gasteiger partial charge in [0, 0.05) is 34.8 Å². The van der Waals surface area contributed by atoms with Crippen molar-refractivity contribution < 1.29 is 14.2 Å². The Bertz CT molecular complexity index is 1310. The van der Waals surface area contributed by atoms with Crippen molar-refractivity contribution in [3.8, 4) is 28.4 Å². The second-order valence-corrected chi connectivity index (χ2v) is 8.01. The number of nitrogen functional groups attached to an aromatic ring is 1. The van der Waals surface area contributed by atoms with Crippen LogP contribution in [0.4, 0.5) is 17.3 Å². The number of aryl methyl sites for hydroxylation is 1. The van der Waals surface area contributed by atoms with Crippen molar-refractivity contribution in [2.75, 3.05) is 32.4 Å². The summed E-state index contributed by atoms with van der Waals surface area (Å²) in [6.07, 6.45) is 1.71. The molecule has 0 saturated heterocycles. The molecule has 1 heterocycles. The Kier molecular flexibility index (Phi) is 6.35. The van der Waals surface area contributed by atoms with Crippen LogP contribution in [0.3, 0.4) is 0 Å². The largest absolute Gasteiger partial charge is 0.496 e. The van der Waals surface area contributed by atoms with Gasteiger partial charge in [0.15, 0.2) is 0 Å². The first-order chi connectivity index (χ1) is 15.9. The van der Waals surface area contributed by atoms with Crippen LogP contribution in [0, 0.1) is 6.92 Å². The number of aromatic nitrogens is 2. The first kappa shape index (κ1) is 22.8. The van der Waals surface area contributed by atoms with Gasteiger partial charge in [0.25, 0.3) is 0 Å². The van der Waals surface area contributed by atoms with Gasteiger partial charge in [-0.2, -0.15) is 0 Å². The average Bonchev–Trinajstić information content (AvgIpc) is 2.81. The second kappa shape index (κ2) is 9.21. The Hall–Kier alpha value is -3.42. The predicted molar refractivity (Wildman–Crippen MR) is 134 cm³/mol. The van der Waals surface area contributed by atoms with Crippen molar-refractivity contribution in [1.29, 1.82) is 0 Å². The van der Waals surface area contributed by atoms with Crippen LogP contribution in [-0.2, 0) is 0 Å². The number of benzene rings is 3. The molecule has 0 fully saturated rings. The Balaban J connectivity index is 1.86. The highest BCUT2D eigenvalue weighted by molar-refractivity contribution is 6.41. The number of nitrogens with zero attached hydrogens (tertiary/aromatic N) is 2. The molecule has 4 aromatic rings. The van der Waals surface area contributed by atoms with E-state index in [4.69, 9.17) is 43.1 Å². The van der Waals surface area contributed by atoms with E-state index in [2.05, 4.69) is 15.3 Å². The van der Waals surface area contributed by atoms with Gasteiger partial charge in [-0.1, -0.05) is 35.3 Å². The fraction of sp³-hybridized carbons (Fsp3) is 0.167. The number of rotatable bonds is 6. The minimum absolute atomic E-state index is 0.343. The quantitative estimate of drug-likeness (QED) is 0.311. The Morgan fingerprint density at radius 3 is 2.18 bits per heavy atom. The molecule has 0 aliphatic carbocycles. The minimum atomic E-state index is 0.343. The number of nitrogens with one attached hydrogen (secondary N) is 1. The monoisotopic (exact) mass is 484 g/mol. The molecule has 33 heavy (non-hydrogen) atoms. The molecule has 9 heteroatoms. The van der Waals surface area contributed by atoms with Crippen LogP contribution in [0.2, 0.25) is 10.0 Å². The van der Waals surface area contributed by atoms with Crippen molar-refractivity contribution in [3.05, 3.63) is 58.2 Å². The number of hydrogen-bond donors (Lipinski definition) is 2.